The van der Waals surface area contributed by atoms with E-state index in [1.54, 1.807) is 0 Å². The molecule has 2 bridgehead atoms. The Morgan fingerprint density at radius 2 is 1.68 bits per heavy atom. The van der Waals surface area contributed by atoms with Crippen LogP contribution in [0.2, 0.25) is 5.02 Å². The molecule has 1 saturated heterocycles. The van der Waals surface area contributed by atoms with Crippen molar-refractivity contribution in [2.45, 2.75) is 73.2 Å². The third-order valence-electron chi connectivity index (χ3n) is 8.71. The van der Waals surface area contributed by atoms with E-state index in [-0.39, 0.29) is 70.4 Å². The van der Waals surface area contributed by atoms with Crippen molar-refractivity contribution in [1.82, 2.24) is 5.32 Å². The van der Waals surface area contributed by atoms with E-state index in [4.69, 9.17) is 11.6 Å². The third-order valence-corrected chi connectivity index (χ3v) is 11.4. The van der Waals surface area contributed by atoms with Gasteiger partial charge in [-0.1, -0.05) is 11.6 Å². The zero-order chi connectivity index (χ0) is 29.7. The highest BCUT2D eigenvalue weighted by Crippen LogP contribution is 2.54. The van der Waals surface area contributed by atoms with Crippen molar-refractivity contribution in [1.29, 1.82) is 0 Å². The molecular formula is C28H28ClF3N2O6S. The van der Waals surface area contributed by atoms with Crippen molar-refractivity contribution >= 4 is 44.7 Å². The van der Waals surface area contributed by atoms with Crippen LogP contribution in [-0.2, 0) is 19.4 Å². The molecule has 2 aromatic carbocycles. The monoisotopic (exact) mass is 612 g/mol. The van der Waals surface area contributed by atoms with E-state index in [0.29, 0.717) is 37.8 Å². The third kappa shape index (κ3) is 5.61. The summed E-state index contributed by atoms with van der Waals surface area (Å²) in [7, 11) is -4.07. The Morgan fingerprint density at radius 1 is 1.05 bits per heavy atom. The number of aliphatic hydroxyl groups is 1. The number of ketones is 1. The van der Waals surface area contributed by atoms with E-state index in [9.17, 15) is 41.1 Å². The molecule has 220 valence electrons. The fourth-order valence-corrected chi connectivity index (χ4v) is 8.90. The molecule has 0 aromatic heterocycles. The lowest BCUT2D eigenvalue weighted by Crippen LogP contribution is -2.48. The first-order valence-corrected chi connectivity index (χ1v) is 15.3. The van der Waals surface area contributed by atoms with Gasteiger partial charge in [0.15, 0.2) is 33.1 Å². The minimum atomic E-state index is -4.07. The van der Waals surface area contributed by atoms with Gasteiger partial charge in [-0.15, -0.1) is 0 Å². The molecule has 2 amide bonds. The molecule has 0 spiro atoms. The predicted octanol–water partition coefficient (Wildman–Crippen LogP) is 4.33. The standard InChI is InChI=1S/C28H28ClF3N2O6S/c29-19-4-1-14(27(37)33-17-12-20(30)26(32)21(31)13-17)9-24(19)41(39,40)18-10-15-2-3-16(11-18)28(15,38)8-7-23(35)22-5-6-25(36)34-22/h1,4,9,12-13,15-16,18,22,38H,2-3,5-8,10-11H2,(H,33,37)(H,34,36)/t15-,16?,18?,22-,28?/m0/s1. The van der Waals surface area contributed by atoms with E-state index in [0.717, 1.165) is 6.07 Å². The molecule has 2 saturated carbocycles. The van der Waals surface area contributed by atoms with Crippen molar-refractivity contribution in [3.05, 3.63) is 58.4 Å². The molecule has 3 unspecified atom stereocenters. The van der Waals surface area contributed by atoms with Crippen LogP contribution in [0.5, 0.6) is 0 Å². The summed E-state index contributed by atoms with van der Waals surface area (Å²) in [6.45, 7) is 0. The Hall–Kier alpha value is -2.96. The molecule has 1 heterocycles. The molecule has 0 radical (unpaired) electrons. The van der Waals surface area contributed by atoms with Crippen LogP contribution in [0.3, 0.4) is 0 Å². The van der Waals surface area contributed by atoms with E-state index < -0.39 is 50.1 Å². The van der Waals surface area contributed by atoms with Gasteiger partial charge in [-0.25, -0.2) is 21.6 Å². The maximum atomic E-state index is 13.7. The topological polar surface area (TPSA) is 130 Å². The summed E-state index contributed by atoms with van der Waals surface area (Å²) >= 11 is 6.26. The van der Waals surface area contributed by atoms with Crippen LogP contribution in [0.25, 0.3) is 0 Å². The smallest absolute Gasteiger partial charge is 0.255 e. The van der Waals surface area contributed by atoms with Crippen LogP contribution in [0.15, 0.2) is 35.2 Å². The number of rotatable bonds is 8. The van der Waals surface area contributed by atoms with Crippen molar-refractivity contribution in [3.63, 3.8) is 0 Å². The lowest BCUT2D eigenvalue weighted by Gasteiger charge is -2.42. The van der Waals surface area contributed by atoms with Gasteiger partial charge in [0.2, 0.25) is 5.91 Å². The first kappa shape index (κ1) is 29.5. The van der Waals surface area contributed by atoms with Gasteiger partial charge in [-0.3, -0.25) is 14.4 Å². The number of fused-ring (bicyclic) bond motifs is 2. The highest BCUT2D eigenvalue weighted by atomic mass is 35.5. The number of hydrogen-bond donors (Lipinski definition) is 3. The van der Waals surface area contributed by atoms with E-state index in [1.165, 1.54) is 12.1 Å². The predicted molar refractivity (Wildman–Crippen MR) is 142 cm³/mol. The Balaban J connectivity index is 1.30. The second-order valence-corrected chi connectivity index (χ2v) is 13.7. The molecule has 2 aliphatic carbocycles. The molecule has 2 aromatic rings. The Labute approximate surface area is 239 Å². The van der Waals surface area contributed by atoms with Crippen LogP contribution >= 0.6 is 11.6 Å². The zero-order valence-corrected chi connectivity index (χ0v) is 23.3. The lowest BCUT2D eigenvalue weighted by atomic mass is 9.71. The maximum Gasteiger partial charge on any atom is 0.255 e. The van der Waals surface area contributed by atoms with Crippen molar-refractivity contribution < 1.29 is 41.1 Å². The highest BCUT2D eigenvalue weighted by Gasteiger charge is 2.55. The normalized spacial score (nSPS) is 27.5. The molecule has 3 aliphatic rings. The summed E-state index contributed by atoms with van der Waals surface area (Å²) < 4.78 is 67.8. The van der Waals surface area contributed by atoms with Crippen LogP contribution in [0.1, 0.15) is 61.7 Å². The van der Waals surface area contributed by atoms with E-state index >= 15 is 0 Å². The maximum absolute atomic E-state index is 13.7. The lowest BCUT2D eigenvalue weighted by molar-refractivity contribution is -0.126. The van der Waals surface area contributed by atoms with Gasteiger partial charge in [-0.05, 0) is 68.6 Å². The fraction of sp³-hybridized carbons (Fsp3) is 0.464. The Morgan fingerprint density at radius 3 is 2.27 bits per heavy atom. The van der Waals surface area contributed by atoms with Gasteiger partial charge in [0.05, 0.1) is 26.8 Å². The summed E-state index contributed by atoms with van der Waals surface area (Å²) in [6.07, 6.45) is 2.47. The van der Waals surface area contributed by atoms with Crippen LogP contribution in [-0.4, -0.2) is 48.0 Å². The number of amides is 2. The molecule has 5 rings (SSSR count). The zero-order valence-electron chi connectivity index (χ0n) is 21.8. The largest absolute Gasteiger partial charge is 0.389 e. The quantitative estimate of drug-likeness (QED) is 0.381. The van der Waals surface area contributed by atoms with Gasteiger partial charge >= 0.3 is 0 Å². The molecule has 3 N–H and O–H groups in total. The van der Waals surface area contributed by atoms with Crippen LogP contribution < -0.4 is 10.6 Å². The second kappa shape index (κ2) is 11.0. The second-order valence-electron chi connectivity index (χ2n) is 11.1. The summed E-state index contributed by atoms with van der Waals surface area (Å²) in [6, 6.07) is 4.21. The van der Waals surface area contributed by atoms with Gasteiger partial charge < -0.3 is 15.7 Å². The van der Waals surface area contributed by atoms with Crippen molar-refractivity contribution in [3.8, 4) is 0 Å². The van der Waals surface area contributed by atoms with Crippen LogP contribution in [0, 0.1) is 29.3 Å². The van der Waals surface area contributed by atoms with E-state index in [1.807, 2.05) is 0 Å². The van der Waals surface area contributed by atoms with Gasteiger partial charge in [0.25, 0.3) is 5.91 Å². The Bertz CT molecular complexity index is 1500. The first-order valence-electron chi connectivity index (χ1n) is 13.3. The van der Waals surface area contributed by atoms with Crippen LogP contribution in [0.4, 0.5) is 18.9 Å². The molecule has 3 fully saturated rings. The molecule has 41 heavy (non-hydrogen) atoms. The molecule has 8 nitrogen and oxygen atoms in total. The number of benzene rings is 2. The fourth-order valence-electron chi connectivity index (χ4n) is 6.50. The minimum Gasteiger partial charge on any atom is -0.389 e. The number of carbonyl (C=O) groups excluding carboxylic acids is 3. The van der Waals surface area contributed by atoms with Crippen molar-refractivity contribution in [2.24, 2.45) is 11.8 Å². The summed E-state index contributed by atoms with van der Waals surface area (Å²) in [5.74, 6) is -6.61. The average Bonchev–Trinajstić information content (AvgIpc) is 3.38. The van der Waals surface area contributed by atoms with Gasteiger partial charge in [0.1, 0.15) is 0 Å². The molecule has 13 heteroatoms. The molecule has 1 aliphatic heterocycles. The number of nitrogens with one attached hydrogen (secondary N) is 2. The number of hydrogen-bond acceptors (Lipinski definition) is 6. The van der Waals surface area contributed by atoms with Gasteiger partial charge in [-0.2, -0.15) is 0 Å². The Kier molecular flexibility index (Phi) is 7.95. The highest BCUT2D eigenvalue weighted by molar-refractivity contribution is 7.92. The number of carbonyl (C=O) groups is 3. The average molecular weight is 613 g/mol. The SMILES string of the molecule is O=C1CC[C@@H](C(=O)CCC2(O)C3CC[C@H]2CC(S(=O)(=O)c2cc(C(=O)Nc4cc(F)c(F)c(F)c4)ccc2Cl)C3)N1. The van der Waals surface area contributed by atoms with E-state index in [2.05, 4.69) is 10.6 Å². The first-order chi connectivity index (χ1) is 19.3. The minimum absolute atomic E-state index is 0.0801. The number of sulfone groups is 1. The number of halogens is 4. The summed E-state index contributed by atoms with van der Waals surface area (Å²) in [5, 5.41) is 15.4. The van der Waals surface area contributed by atoms with Crippen molar-refractivity contribution in [2.75, 3.05) is 5.32 Å². The van der Waals surface area contributed by atoms with Gasteiger partial charge in [0, 0.05) is 36.2 Å². The molecular weight excluding hydrogens is 585 g/mol. The summed E-state index contributed by atoms with van der Waals surface area (Å²) in [4.78, 5) is 36.5. The summed E-state index contributed by atoms with van der Waals surface area (Å²) in [5.41, 5.74) is -1.70. The number of anilines is 1. The molecule has 5 atom stereocenters. The number of Topliss-reactive ketones (excluding diaryl/α,β-unsaturated/α-hetero) is 1.